The summed E-state index contributed by atoms with van der Waals surface area (Å²) >= 11 is 0. The summed E-state index contributed by atoms with van der Waals surface area (Å²) < 4.78 is 28.0. The average molecular weight is 332 g/mol. The molecule has 0 amide bonds. The van der Waals surface area contributed by atoms with Gasteiger partial charge in [0.2, 0.25) is 11.7 Å². The molecule has 2 rings (SSSR count). The fourth-order valence-electron chi connectivity index (χ4n) is 1.61. The number of benzene rings is 1. The van der Waals surface area contributed by atoms with Gasteiger partial charge < -0.3 is 10.3 Å². The molecule has 0 fully saturated rings. The van der Waals surface area contributed by atoms with Crippen LogP contribution in [0.2, 0.25) is 0 Å². The summed E-state index contributed by atoms with van der Waals surface area (Å²) in [5, 5.41) is 3.89. The Bertz CT molecular complexity index is 696. The Morgan fingerprint density at radius 2 is 1.76 bits per heavy atom. The zero-order valence-electron chi connectivity index (χ0n) is 12.0. The Morgan fingerprint density at radius 1 is 1.19 bits per heavy atom. The van der Waals surface area contributed by atoms with Crippen LogP contribution in [0.25, 0.3) is 11.4 Å². The summed E-state index contributed by atoms with van der Waals surface area (Å²) in [5.41, 5.74) is 6.49. The predicted octanol–water partition coefficient (Wildman–Crippen LogP) is 2.01. The summed E-state index contributed by atoms with van der Waals surface area (Å²) in [5.74, 6) is 0.862. The number of nitrogens with zero attached hydrogens (tertiary/aromatic N) is 2. The predicted molar refractivity (Wildman–Crippen MR) is 82.2 cm³/mol. The van der Waals surface area contributed by atoms with E-state index in [1.54, 1.807) is 12.1 Å². The van der Waals surface area contributed by atoms with Crippen molar-refractivity contribution in [2.24, 2.45) is 5.73 Å². The van der Waals surface area contributed by atoms with Crippen LogP contribution in [-0.2, 0) is 9.84 Å². The molecule has 1 heterocycles. The highest BCUT2D eigenvalue weighted by atomic mass is 35.5. The van der Waals surface area contributed by atoms with Crippen molar-refractivity contribution < 1.29 is 12.9 Å². The Kier molecular flexibility index (Phi) is 5.49. The molecule has 0 saturated carbocycles. The van der Waals surface area contributed by atoms with Gasteiger partial charge in [0.1, 0.15) is 0 Å². The smallest absolute Gasteiger partial charge is 0.231 e. The molecule has 2 unspecified atom stereocenters. The Morgan fingerprint density at radius 3 is 2.24 bits per heavy atom. The number of aromatic nitrogens is 2. The molecule has 0 aliphatic rings. The van der Waals surface area contributed by atoms with Crippen LogP contribution < -0.4 is 5.73 Å². The number of hydrogen-bond donors (Lipinski definition) is 1. The molecule has 0 saturated heterocycles. The van der Waals surface area contributed by atoms with E-state index in [-0.39, 0.29) is 29.3 Å². The van der Waals surface area contributed by atoms with Crippen molar-refractivity contribution in [2.75, 3.05) is 6.26 Å². The van der Waals surface area contributed by atoms with Crippen LogP contribution in [0.15, 0.2) is 33.7 Å². The van der Waals surface area contributed by atoms with Crippen molar-refractivity contribution in [1.82, 2.24) is 10.1 Å². The highest BCUT2D eigenvalue weighted by Crippen LogP contribution is 2.22. The van der Waals surface area contributed by atoms with Gasteiger partial charge in [-0.05, 0) is 31.2 Å². The topological polar surface area (TPSA) is 99.1 Å². The molecular formula is C13H18ClN3O3S. The lowest BCUT2D eigenvalue weighted by Gasteiger charge is -2.09. The van der Waals surface area contributed by atoms with Crippen molar-refractivity contribution in [3.8, 4) is 11.4 Å². The third kappa shape index (κ3) is 4.03. The lowest BCUT2D eigenvalue weighted by Crippen LogP contribution is -2.22. The van der Waals surface area contributed by atoms with E-state index in [0.29, 0.717) is 17.3 Å². The first-order valence-electron chi connectivity index (χ1n) is 6.18. The van der Waals surface area contributed by atoms with Gasteiger partial charge in [-0.15, -0.1) is 12.4 Å². The van der Waals surface area contributed by atoms with Crippen LogP contribution in [0.4, 0.5) is 0 Å². The van der Waals surface area contributed by atoms with E-state index in [4.69, 9.17) is 10.3 Å². The van der Waals surface area contributed by atoms with Crippen LogP contribution in [0.3, 0.4) is 0 Å². The van der Waals surface area contributed by atoms with Gasteiger partial charge in [-0.1, -0.05) is 12.1 Å². The fraction of sp³-hybridized carbons (Fsp3) is 0.385. The third-order valence-electron chi connectivity index (χ3n) is 3.16. The average Bonchev–Trinajstić information content (AvgIpc) is 2.86. The quantitative estimate of drug-likeness (QED) is 0.920. The van der Waals surface area contributed by atoms with E-state index in [0.717, 1.165) is 0 Å². The lowest BCUT2D eigenvalue weighted by atomic mass is 10.1. The maximum absolute atomic E-state index is 11.4. The molecule has 21 heavy (non-hydrogen) atoms. The molecule has 1 aromatic carbocycles. The van der Waals surface area contributed by atoms with E-state index in [1.807, 2.05) is 13.8 Å². The lowest BCUT2D eigenvalue weighted by molar-refractivity contribution is 0.347. The third-order valence-corrected chi connectivity index (χ3v) is 4.29. The number of rotatable bonds is 4. The van der Waals surface area contributed by atoms with Crippen LogP contribution in [0.1, 0.15) is 25.7 Å². The monoisotopic (exact) mass is 331 g/mol. The summed E-state index contributed by atoms with van der Waals surface area (Å²) in [6, 6.07) is 6.27. The molecule has 0 spiro atoms. The fourth-order valence-corrected chi connectivity index (χ4v) is 2.24. The molecule has 0 radical (unpaired) electrons. The van der Waals surface area contributed by atoms with Crippen molar-refractivity contribution in [3.63, 3.8) is 0 Å². The van der Waals surface area contributed by atoms with Crippen molar-refractivity contribution in [2.45, 2.75) is 30.7 Å². The molecule has 116 valence electrons. The highest BCUT2D eigenvalue weighted by molar-refractivity contribution is 7.90. The number of hydrogen-bond acceptors (Lipinski definition) is 6. The van der Waals surface area contributed by atoms with Crippen molar-refractivity contribution in [1.29, 1.82) is 0 Å². The zero-order chi connectivity index (χ0) is 14.9. The Hall–Kier alpha value is -1.44. The zero-order valence-corrected chi connectivity index (χ0v) is 13.6. The number of halogens is 1. The highest BCUT2D eigenvalue weighted by Gasteiger charge is 2.18. The largest absolute Gasteiger partial charge is 0.339 e. The van der Waals surface area contributed by atoms with E-state index in [1.165, 1.54) is 18.4 Å². The molecule has 1 aromatic heterocycles. The second kappa shape index (κ2) is 6.55. The van der Waals surface area contributed by atoms with Gasteiger partial charge in [0.05, 0.1) is 10.8 Å². The Balaban J connectivity index is 0.00000220. The second-order valence-corrected chi connectivity index (χ2v) is 6.92. The van der Waals surface area contributed by atoms with E-state index < -0.39 is 9.84 Å². The molecular weight excluding hydrogens is 314 g/mol. The SMILES string of the molecule is CC(N)C(C)c1nc(-c2ccc(S(C)(=O)=O)cc2)no1.Cl. The molecule has 6 nitrogen and oxygen atoms in total. The van der Waals surface area contributed by atoms with Crippen molar-refractivity contribution >= 4 is 22.2 Å². The maximum atomic E-state index is 11.4. The standard InChI is InChI=1S/C13H17N3O3S.ClH/c1-8(9(2)14)13-15-12(16-19-13)10-4-6-11(7-5-10)20(3,17)18;/h4-9H,14H2,1-3H3;1H. The van der Waals surface area contributed by atoms with Gasteiger partial charge in [-0.25, -0.2) is 8.42 Å². The molecule has 8 heteroatoms. The first-order valence-corrected chi connectivity index (χ1v) is 8.08. The van der Waals surface area contributed by atoms with Crippen LogP contribution in [0, 0.1) is 0 Å². The molecule has 0 aliphatic heterocycles. The van der Waals surface area contributed by atoms with Gasteiger partial charge in [0, 0.05) is 17.9 Å². The van der Waals surface area contributed by atoms with E-state index in [2.05, 4.69) is 10.1 Å². The summed E-state index contributed by atoms with van der Waals surface area (Å²) in [7, 11) is -3.20. The first-order chi connectivity index (χ1) is 9.29. The summed E-state index contributed by atoms with van der Waals surface area (Å²) in [6.07, 6.45) is 1.17. The molecule has 0 aliphatic carbocycles. The normalized spacial score (nSPS) is 14.3. The van der Waals surface area contributed by atoms with Gasteiger partial charge in [0.15, 0.2) is 9.84 Å². The van der Waals surface area contributed by atoms with Crippen LogP contribution >= 0.6 is 12.4 Å². The van der Waals surface area contributed by atoms with Crippen LogP contribution in [0.5, 0.6) is 0 Å². The second-order valence-electron chi connectivity index (χ2n) is 4.90. The minimum absolute atomic E-state index is 0. The number of nitrogens with two attached hydrogens (primary N) is 1. The molecule has 2 atom stereocenters. The number of sulfone groups is 1. The van der Waals surface area contributed by atoms with Gasteiger partial charge in [-0.2, -0.15) is 4.98 Å². The van der Waals surface area contributed by atoms with E-state index >= 15 is 0 Å². The van der Waals surface area contributed by atoms with Crippen molar-refractivity contribution in [3.05, 3.63) is 30.2 Å². The minimum Gasteiger partial charge on any atom is -0.339 e. The van der Waals surface area contributed by atoms with Gasteiger partial charge in [0.25, 0.3) is 0 Å². The van der Waals surface area contributed by atoms with Gasteiger partial charge >= 0.3 is 0 Å². The summed E-state index contributed by atoms with van der Waals surface area (Å²) in [6.45, 7) is 3.78. The minimum atomic E-state index is -3.20. The van der Waals surface area contributed by atoms with Crippen LogP contribution in [-0.4, -0.2) is 30.9 Å². The molecule has 0 bridgehead atoms. The summed E-state index contributed by atoms with van der Waals surface area (Å²) in [4.78, 5) is 4.54. The maximum Gasteiger partial charge on any atom is 0.231 e. The molecule has 2 aromatic rings. The Labute approximate surface area is 130 Å². The van der Waals surface area contributed by atoms with Gasteiger partial charge in [-0.3, -0.25) is 0 Å². The van der Waals surface area contributed by atoms with E-state index in [9.17, 15) is 8.42 Å². The molecule has 2 N–H and O–H groups in total. The first kappa shape index (κ1) is 17.6.